The van der Waals surface area contributed by atoms with Gasteiger partial charge in [-0.2, -0.15) is 0 Å². The molecule has 0 aliphatic heterocycles. The van der Waals surface area contributed by atoms with Gasteiger partial charge >= 0.3 is 0 Å². The van der Waals surface area contributed by atoms with Crippen molar-refractivity contribution in [1.82, 2.24) is 5.32 Å². The minimum atomic E-state index is -0.608. The maximum Gasteiger partial charge on any atom is 0.274 e. The molecule has 2 N–H and O–H groups in total. The molecule has 0 fully saturated rings. The lowest BCUT2D eigenvalue weighted by atomic mass is 10.2. The van der Waals surface area contributed by atoms with Crippen LogP contribution >= 0.6 is 0 Å². The predicted molar refractivity (Wildman–Crippen MR) is 64.7 cm³/mol. The maximum absolute atomic E-state index is 13.1. The van der Waals surface area contributed by atoms with Gasteiger partial charge in [0.2, 0.25) is 0 Å². The van der Waals surface area contributed by atoms with Crippen LogP contribution in [0.5, 0.6) is 0 Å². The number of hydrogen-bond acceptors (Lipinski definition) is 4. The van der Waals surface area contributed by atoms with Crippen LogP contribution in [-0.4, -0.2) is 24.6 Å². The highest BCUT2D eigenvalue weighted by molar-refractivity contribution is 5.51. The highest BCUT2D eigenvalue weighted by Crippen LogP contribution is 2.19. The predicted octanol–water partition coefficient (Wildman–Crippen LogP) is 2.15. The average Bonchev–Trinajstić information content (AvgIpc) is 2.28. The third-order valence-electron chi connectivity index (χ3n) is 2.15. The molecule has 5 nitrogen and oxygen atoms in total. The SMILES string of the molecule is CCCNCCNc1cc(F)cc([N+](=O)[O-])c1. The molecule has 6 heteroatoms. The molecule has 0 amide bonds. The van der Waals surface area contributed by atoms with Gasteiger partial charge < -0.3 is 10.6 Å². The van der Waals surface area contributed by atoms with E-state index in [0.29, 0.717) is 12.2 Å². The van der Waals surface area contributed by atoms with Crippen LogP contribution in [0.15, 0.2) is 18.2 Å². The lowest BCUT2D eigenvalue weighted by Crippen LogP contribution is -2.22. The molecule has 0 radical (unpaired) electrons. The third kappa shape index (κ3) is 4.78. The zero-order valence-electron chi connectivity index (χ0n) is 9.70. The van der Waals surface area contributed by atoms with E-state index in [2.05, 4.69) is 17.6 Å². The third-order valence-corrected chi connectivity index (χ3v) is 2.15. The molecule has 94 valence electrons. The highest BCUT2D eigenvalue weighted by atomic mass is 19.1. The van der Waals surface area contributed by atoms with Crippen LogP contribution in [0.3, 0.4) is 0 Å². The molecule has 17 heavy (non-hydrogen) atoms. The Morgan fingerprint density at radius 2 is 2.06 bits per heavy atom. The smallest absolute Gasteiger partial charge is 0.274 e. The fraction of sp³-hybridized carbons (Fsp3) is 0.455. The second kappa shape index (κ2) is 6.80. The summed E-state index contributed by atoms with van der Waals surface area (Å²) in [6.07, 6.45) is 1.05. The molecule has 1 aromatic rings. The first-order valence-corrected chi connectivity index (χ1v) is 5.53. The lowest BCUT2D eigenvalue weighted by Gasteiger charge is -2.07. The Morgan fingerprint density at radius 1 is 1.29 bits per heavy atom. The van der Waals surface area contributed by atoms with Gasteiger partial charge in [0.15, 0.2) is 0 Å². The number of nitrogens with one attached hydrogen (secondary N) is 2. The minimum Gasteiger partial charge on any atom is -0.383 e. The molecule has 0 aliphatic rings. The molecule has 0 unspecified atom stereocenters. The van der Waals surface area contributed by atoms with Crippen molar-refractivity contribution in [2.75, 3.05) is 25.0 Å². The van der Waals surface area contributed by atoms with Gasteiger partial charge in [-0.1, -0.05) is 6.92 Å². The van der Waals surface area contributed by atoms with Gasteiger partial charge in [0, 0.05) is 24.8 Å². The molecule has 0 aromatic heterocycles. The number of halogens is 1. The van der Waals surface area contributed by atoms with Crippen molar-refractivity contribution in [2.45, 2.75) is 13.3 Å². The molecular weight excluding hydrogens is 225 g/mol. The van der Waals surface area contributed by atoms with Gasteiger partial charge in [0.05, 0.1) is 11.0 Å². The summed E-state index contributed by atoms with van der Waals surface area (Å²) in [5, 5.41) is 16.6. The Balaban J connectivity index is 2.50. The zero-order chi connectivity index (χ0) is 12.7. The number of benzene rings is 1. The minimum absolute atomic E-state index is 0.242. The van der Waals surface area contributed by atoms with E-state index in [1.54, 1.807) is 0 Å². The van der Waals surface area contributed by atoms with E-state index in [9.17, 15) is 14.5 Å². The van der Waals surface area contributed by atoms with Crippen molar-refractivity contribution < 1.29 is 9.31 Å². The van der Waals surface area contributed by atoms with Crippen molar-refractivity contribution in [2.24, 2.45) is 0 Å². The van der Waals surface area contributed by atoms with Gasteiger partial charge in [0.1, 0.15) is 5.82 Å². The van der Waals surface area contributed by atoms with E-state index in [-0.39, 0.29) is 5.69 Å². The summed E-state index contributed by atoms with van der Waals surface area (Å²) in [6.45, 7) is 4.32. The Kier molecular flexibility index (Phi) is 5.35. The first-order chi connectivity index (χ1) is 8.13. The van der Waals surface area contributed by atoms with Crippen molar-refractivity contribution >= 4 is 11.4 Å². The van der Waals surface area contributed by atoms with Crippen LogP contribution in [-0.2, 0) is 0 Å². The number of nitro groups is 1. The van der Waals surface area contributed by atoms with Crippen LogP contribution in [0.1, 0.15) is 13.3 Å². The van der Waals surface area contributed by atoms with Gasteiger partial charge in [0.25, 0.3) is 5.69 Å². The average molecular weight is 241 g/mol. The molecule has 0 aliphatic carbocycles. The fourth-order valence-electron chi connectivity index (χ4n) is 1.38. The van der Waals surface area contributed by atoms with E-state index in [1.165, 1.54) is 12.1 Å². The molecule has 0 saturated heterocycles. The lowest BCUT2D eigenvalue weighted by molar-refractivity contribution is -0.385. The van der Waals surface area contributed by atoms with Crippen LogP contribution < -0.4 is 10.6 Å². The van der Waals surface area contributed by atoms with Gasteiger partial charge in [-0.15, -0.1) is 0 Å². The van der Waals surface area contributed by atoms with E-state index >= 15 is 0 Å². The molecule has 0 bridgehead atoms. The summed E-state index contributed by atoms with van der Waals surface area (Å²) in [7, 11) is 0. The molecule has 0 spiro atoms. The number of rotatable bonds is 7. The van der Waals surface area contributed by atoms with Gasteiger partial charge in [-0.25, -0.2) is 4.39 Å². The van der Waals surface area contributed by atoms with Crippen LogP contribution in [0, 0.1) is 15.9 Å². The van der Waals surface area contributed by atoms with Crippen LogP contribution in [0.25, 0.3) is 0 Å². The van der Waals surface area contributed by atoms with E-state index in [0.717, 1.165) is 25.6 Å². The van der Waals surface area contributed by atoms with Gasteiger partial charge in [-0.05, 0) is 19.0 Å². The largest absolute Gasteiger partial charge is 0.383 e. The Morgan fingerprint density at radius 3 is 2.71 bits per heavy atom. The summed E-state index contributed by atoms with van der Waals surface area (Å²) in [6, 6.07) is 3.47. The van der Waals surface area contributed by atoms with Crippen molar-refractivity contribution in [1.29, 1.82) is 0 Å². The first kappa shape index (κ1) is 13.4. The maximum atomic E-state index is 13.1. The van der Waals surface area contributed by atoms with E-state index < -0.39 is 10.7 Å². The zero-order valence-corrected chi connectivity index (χ0v) is 9.70. The first-order valence-electron chi connectivity index (χ1n) is 5.53. The monoisotopic (exact) mass is 241 g/mol. The standard InChI is InChI=1S/C11H16FN3O2/c1-2-3-13-4-5-14-10-6-9(12)7-11(8-10)15(16)17/h6-8,13-14H,2-5H2,1H3. The van der Waals surface area contributed by atoms with E-state index in [1.807, 2.05) is 0 Å². The summed E-state index contributed by atoms with van der Waals surface area (Å²) >= 11 is 0. The molecular formula is C11H16FN3O2. The Labute approximate surface area is 99.2 Å². The van der Waals surface area contributed by atoms with Crippen molar-refractivity contribution in [3.63, 3.8) is 0 Å². The Hall–Kier alpha value is -1.69. The Bertz CT molecular complexity index is 385. The van der Waals surface area contributed by atoms with E-state index in [4.69, 9.17) is 0 Å². The molecule has 0 saturated carbocycles. The normalized spacial score (nSPS) is 10.2. The van der Waals surface area contributed by atoms with Crippen molar-refractivity contribution in [3.05, 3.63) is 34.1 Å². The molecule has 1 rings (SSSR count). The number of non-ortho nitro benzene ring substituents is 1. The number of nitrogens with zero attached hydrogens (tertiary/aromatic N) is 1. The second-order valence-electron chi connectivity index (χ2n) is 3.63. The highest BCUT2D eigenvalue weighted by Gasteiger charge is 2.09. The summed E-state index contributed by atoms with van der Waals surface area (Å²) < 4.78 is 13.1. The molecule has 0 heterocycles. The summed E-state index contributed by atoms with van der Waals surface area (Å²) in [5.74, 6) is -0.608. The summed E-state index contributed by atoms with van der Waals surface area (Å²) in [5.41, 5.74) is 0.184. The summed E-state index contributed by atoms with van der Waals surface area (Å²) in [4.78, 5) is 9.91. The molecule has 0 atom stereocenters. The van der Waals surface area contributed by atoms with Crippen LogP contribution in [0.2, 0.25) is 0 Å². The van der Waals surface area contributed by atoms with Crippen molar-refractivity contribution in [3.8, 4) is 0 Å². The molecule has 1 aromatic carbocycles. The fourth-order valence-corrected chi connectivity index (χ4v) is 1.38. The number of anilines is 1. The second-order valence-corrected chi connectivity index (χ2v) is 3.63. The number of hydrogen-bond donors (Lipinski definition) is 2. The topological polar surface area (TPSA) is 67.2 Å². The number of nitro benzene ring substituents is 1. The van der Waals surface area contributed by atoms with Crippen LogP contribution in [0.4, 0.5) is 15.8 Å². The quantitative estimate of drug-likeness (QED) is 0.436. The van der Waals surface area contributed by atoms with Gasteiger partial charge in [-0.3, -0.25) is 10.1 Å².